The van der Waals surface area contributed by atoms with Crippen molar-refractivity contribution in [2.24, 2.45) is 0 Å². The lowest BCUT2D eigenvalue weighted by Gasteiger charge is -2.07. The largest absolute Gasteiger partial charge is 0.493 e. The molecule has 110 valence electrons. The third-order valence-electron chi connectivity index (χ3n) is 2.86. The summed E-state index contributed by atoms with van der Waals surface area (Å²) >= 11 is 0. The van der Waals surface area contributed by atoms with Gasteiger partial charge in [0.15, 0.2) is 0 Å². The van der Waals surface area contributed by atoms with Gasteiger partial charge in [0.05, 0.1) is 13.0 Å². The highest BCUT2D eigenvalue weighted by atomic mass is 19.1. The van der Waals surface area contributed by atoms with Gasteiger partial charge in [-0.25, -0.2) is 4.39 Å². The Labute approximate surface area is 122 Å². The number of halogens is 1. The average Bonchev–Trinajstić information content (AvgIpc) is 2.47. The lowest BCUT2D eigenvalue weighted by atomic mass is 10.2. The molecule has 4 nitrogen and oxygen atoms in total. The van der Waals surface area contributed by atoms with Crippen LogP contribution in [0.3, 0.4) is 0 Å². The van der Waals surface area contributed by atoms with Crippen LogP contribution in [0.5, 0.6) is 5.75 Å². The van der Waals surface area contributed by atoms with Gasteiger partial charge in [0.1, 0.15) is 11.6 Å². The smallest absolute Gasteiger partial charge is 0.223 e. The number of nitrogens with one attached hydrogen (secondary N) is 1. The predicted octanol–water partition coefficient (Wildman–Crippen LogP) is 2.49. The van der Waals surface area contributed by atoms with Crippen molar-refractivity contribution < 1.29 is 13.9 Å². The highest BCUT2D eigenvalue weighted by Gasteiger charge is 2.03. The summed E-state index contributed by atoms with van der Waals surface area (Å²) in [5.74, 6) is 0.213. The molecule has 0 saturated heterocycles. The molecule has 5 heteroatoms. The van der Waals surface area contributed by atoms with Crippen LogP contribution in [0.15, 0.2) is 48.5 Å². The minimum absolute atomic E-state index is 0.144. The molecule has 2 rings (SSSR count). The number of rotatable bonds is 6. The summed E-state index contributed by atoms with van der Waals surface area (Å²) in [6.45, 7) is 0.581. The maximum atomic E-state index is 13.0. The molecule has 0 aliphatic rings. The highest BCUT2D eigenvalue weighted by molar-refractivity contribution is 5.76. The molecule has 0 atom stereocenters. The Morgan fingerprint density at radius 1 is 1.19 bits per heavy atom. The number of hydrogen-bond donors (Lipinski definition) is 2. The summed E-state index contributed by atoms with van der Waals surface area (Å²) in [7, 11) is 0. The monoisotopic (exact) mass is 288 g/mol. The van der Waals surface area contributed by atoms with Gasteiger partial charge in [-0.2, -0.15) is 0 Å². The second-order valence-corrected chi connectivity index (χ2v) is 4.57. The first kappa shape index (κ1) is 14.8. The van der Waals surface area contributed by atoms with E-state index in [-0.39, 0.29) is 24.8 Å². The van der Waals surface area contributed by atoms with Crippen LogP contribution >= 0.6 is 0 Å². The van der Waals surface area contributed by atoms with E-state index in [9.17, 15) is 9.18 Å². The molecule has 0 aliphatic heterocycles. The van der Waals surface area contributed by atoms with E-state index in [0.717, 1.165) is 5.56 Å². The second kappa shape index (κ2) is 7.28. The van der Waals surface area contributed by atoms with Crippen LogP contribution in [0.1, 0.15) is 12.0 Å². The average molecular weight is 288 g/mol. The topological polar surface area (TPSA) is 64.3 Å². The first-order chi connectivity index (χ1) is 10.1. The number of carbonyl (C=O) groups excluding carboxylic acids is 1. The molecule has 0 fully saturated rings. The maximum absolute atomic E-state index is 13.0. The number of ether oxygens (including phenoxy) is 1. The Hall–Kier alpha value is -2.56. The highest BCUT2D eigenvalue weighted by Crippen LogP contribution is 2.13. The Morgan fingerprint density at radius 3 is 2.67 bits per heavy atom. The van der Waals surface area contributed by atoms with Crippen molar-refractivity contribution in [3.8, 4) is 5.75 Å². The van der Waals surface area contributed by atoms with E-state index in [2.05, 4.69) is 5.32 Å². The molecule has 3 N–H and O–H groups in total. The SMILES string of the molecule is Nc1ccc(OCCC(=O)NCc2cccc(F)c2)cc1. The van der Waals surface area contributed by atoms with Crippen molar-refractivity contribution in [3.05, 3.63) is 59.9 Å². The summed E-state index contributed by atoms with van der Waals surface area (Å²) in [5, 5.41) is 2.72. The summed E-state index contributed by atoms with van der Waals surface area (Å²) in [6, 6.07) is 13.1. The molecule has 0 aromatic heterocycles. The fraction of sp³-hybridized carbons (Fsp3) is 0.188. The lowest BCUT2D eigenvalue weighted by molar-refractivity contribution is -0.121. The molecule has 2 aromatic carbocycles. The molecule has 0 bridgehead atoms. The lowest BCUT2D eigenvalue weighted by Crippen LogP contribution is -2.24. The van der Waals surface area contributed by atoms with Crippen LogP contribution in [0, 0.1) is 5.82 Å². The second-order valence-electron chi connectivity index (χ2n) is 4.57. The molecule has 2 aromatic rings. The number of hydrogen-bond acceptors (Lipinski definition) is 3. The zero-order chi connectivity index (χ0) is 15.1. The molecule has 0 unspecified atom stereocenters. The summed E-state index contributed by atoms with van der Waals surface area (Å²) in [4.78, 5) is 11.6. The number of benzene rings is 2. The van der Waals surface area contributed by atoms with E-state index in [4.69, 9.17) is 10.5 Å². The first-order valence-electron chi connectivity index (χ1n) is 6.63. The van der Waals surface area contributed by atoms with Gasteiger partial charge in [0, 0.05) is 12.2 Å². The van der Waals surface area contributed by atoms with Gasteiger partial charge in [0.2, 0.25) is 5.91 Å². The molecular weight excluding hydrogens is 271 g/mol. The number of anilines is 1. The molecule has 0 heterocycles. The van der Waals surface area contributed by atoms with Crippen molar-refractivity contribution in [2.45, 2.75) is 13.0 Å². The van der Waals surface area contributed by atoms with Gasteiger partial charge in [-0.3, -0.25) is 4.79 Å². The van der Waals surface area contributed by atoms with Gasteiger partial charge in [-0.1, -0.05) is 12.1 Å². The minimum Gasteiger partial charge on any atom is -0.493 e. The van der Waals surface area contributed by atoms with E-state index < -0.39 is 0 Å². The maximum Gasteiger partial charge on any atom is 0.223 e. The van der Waals surface area contributed by atoms with Gasteiger partial charge < -0.3 is 15.8 Å². The van der Waals surface area contributed by atoms with Crippen LogP contribution in [0.4, 0.5) is 10.1 Å². The molecule has 0 spiro atoms. The molecular formula is C16H17FN2O2. The van der Waals surface area contributed by atoms with Crippen molar-refractivity contribution in [1.29, 1.82) is 0 Å². The third-order valence-corrected chi connectivity index (χ3v) is 2.86. The summed E-state index contributed by atoms with van der Waals surface area (Å²) < 4.78 is 18.4. The normalized spacial score (nSPS) is 10.1. The summed E-state index contributed by atoms with van der Waals surface area (Å²) in [5.41, 5.74) is 6.95. The van der Waals surface area contributed by atoms with E-state index in [1.54, 1.807) is 36.4 Å². The Kier molecular flexibility index (Phi) is 5.15. The van der Waals surface area contributed by atoms with Crippen LogP contribution < -0.4 is 15.8 Å². The standard InChI is InChI=1S/C16H17FN2O2/c17-13-3-1-2-12(10-13)11-19-16(20)8-9-21-15-6-4-14(18)5-7-15/h1-7,10H,8-9,11,18H2,(H,19,20). The van der Waals surface area contributed by atoms with Crippen LogP contribution in [-0.4, -0.2) is 12.5 Å². The van der Waals surface area contributed by atoms with Crippen molar-refractivity contribution in [2.75, 3.05) is 12.3 Å². The van der Waals surface area contributed by atoms with Crippen LogP contribution in [-0.2, 0) is 11.3 Å². The zero-order valence-corrected chi connectivity index (χ0v) is 11.5. The molecule has 0 radical (unpaired) electrons. The third kappa shape index (κ3) is 5.14. The molecule has 0 saturated carbocycles. The van der Waals surface area contributed by atoms with Crippen LogP contribution in [0.2, 0.25) is 0 Å². The van der Waals surface area contributed by atoms with E-state index in [1.165, 1.54) is 12.1 Å². The van der Waals surface area contributed by atoms with Crippen molar-refractivity contribution >= 4 is 11.6 Å². The predicted molar refractivity (Wildman–Crippen MR) is 79.2 cm³/mol. The molecule has 1 amide bonds. The van der Waals surface area contributed by atoms with E-state index in [1.807, 2.05) is 0 Å². The van der Waals surface area contributed by atoms with Gasteiger partial charge >= 0.3 is 0 Å². The van der Waals surface area contributed by atoms with Crippen molar-refractivity contribution in [1.82, 2.24) is 5.32 Å². The van der Waals surface area contributed by atoms with E-state index in [0.29, 0.717) is 18.0 Å². The van der Waals surface area contributed by atoms with Gasteiger partial charge in [-0.15, -0.1) is 0 Å². The quantitative estimate of drug-likeness (QED) is 0.803. The summed E-state index contributed by atoms with van der Waals surface area (Å²) in [6.07, 6.45) is 0.236. The Bertz CT molecular complexity index is 599. The number of amides is 1. The van der Waals surface area contributed by atoms with E-state index >= 15 is 0 Å². The van der Waals surface area contributed by atoms with Crippen LogP contribution in [0.25, 0.3) is 0 Å². The molecule has 21 heavy (non-hydrogen) atoms. The van der Waals surface area contributed by atoms with Gasteiger partial charge in [-0.05, 0) is 42.0 Å². The molecule has 0 aliphatic carbocycles. The first-order valence-corrected chi connectivity index (χ1v) is 6.63. The minimum atomic E-state index is -0.312. The number of nitrogen functional groups attached to an aromatic ring is 1. The number of carbonyl (C=O) groups is 1. The zero-order valence-electron chi connectivity index (χ0n) is 11.5. The Balaban J connectivity index is 1.69. The van der Waals surface area contributed by atoms with Crippen molar-refractivity contribution in [3.63, 3.8) is 0 Å². The fourth-order valence-electron chi connectivity index (χ4n) is 1.76. The number of nitrogens with two attached hydrogens (primary N) is 1. The fourth-order valence-corrected chi connectivity index (χ4v) is 1.76. The Morgan fingerprint density at radius 2 is 1.95 bits per heavy atom. The van der Waals surface area contributed by atoms with Gasteiger partial charge in [0.25, 0.3) is 0 Å².